The van der Waals surface area contributed by atoms with Crippen LogP contribution in [0.1, 0.15) is 11.1 Å². The zero-order chi connectivity index (χ0) is 20.4. The van der Waals surface area contributed by atoms with Gasteiger partial charge in [0.2, 0.25) is 5.91 Å². The molecule has 1 N–H and O–H groups in total. The maximum atomic E-state index is 12.8. The number of aliphatic imine (C=N–C) groups is 1. The van der Waals surface area contributed by atoms with Crippen LogP contribution in [-0.2, 0) is 9.59 Å². The molecular weight excluding hydrogens is 364 g/mol. The Kier molecular flexibility index (Phi) is 4.99. The highest BCUT2D eigenvalue weighted by Gasteiger charge is 2.40. The van der Waals surface area contributed by atoms with E-state index in [1.807, 2.05) is 0 Å². The molecule has 3 rings (SSSR count). The Labute approximate surface area is 159 Å². The molecule has 0 radical (unpaired) electrons. The van der Waals surface area contributed by atoms with Crippen LogP contribution < -0.4 is 10.2 Å². The van der Waals surface area contributed by atoms with E-state index in [1.165, 1.54) is 18.2 Å². The van der Waals surface area contributed by atoms with Gasteiger partial charge in [0.05, 0.1) is 16.3 Å². The molecule has 0 spiro atoms. The van der Waals surface area contributed by atoms with Crippen molar-refractivity contribution < 1.29 is 19.3 Å². The van der Waals surface area contributed by atoms with Crippen molar-refractivity contribution in [2.45, 2.75) is 13.8 Å². The first-order chi connectivity index (χ1) is 13.3. The van der Waals surface area contributed by atoms with Gasteiger partial charge in [-0.25, -0.2) is 9.69 Å². The topological polar surface area (TPSA) is 122 Å². The summed E-state index contributed by atoms with van der Waals surface area (Å²) in [6.07, 6.45) is 1.10. The van der Waals surface area contributed by atoms with E-state index in [9.17, 15) is 24.5 Å². The van der Waals surface area contributed by atoms with E-state index in [4.69, 9.17) is 0 Å². The number of para-hydroxylation sites is 1. The van der Waals surface area contributed by atoms with Gasteiger partial charge in [0.15, 0.2) is 5.92 Å². The quantitative estimate of drug-likeness (QED) is 0.378. The number of rotatable bonds is 4. The molecule has 0 bridgehead atoms. The number of hydrogen-bond donors (Lipinski definition) is 1. The second-order valence-electron chi connectivity index (χ2n) is 6.24. The summed E-state index contributed by atoms with van der Waals surface area (Å²) >= 11 is 0. The largest absolute Gasteiger partial charge is 0.335 e. The zero-order valence-electron chi connectivity index (χ0n) is 15.1. The number of barbiturate groups is 1. The number of nitro benzene ring substituents is 1. The first-order valence-corrected chi connectivity index (χ1v) is 8.33. The summed E-state index contributed by atoms with van der Waals surface area (Å²) in [6, 6.07) is 10.1. The van der Waals surface area contributed by atoms with Crippen molar-refractivity contribution in [1.29, 1.82) is 0 Å². The van der Waals surface area contributed by atoms with Gasteiger partial charge in [0.1, 0.15) is 0 Å². The Morgan fingerprint density at radius 2 is 1.82 bits per heavy atom. The van der Waals surface area contributed by atoms with Gasteiger partial charge >= 0.3 is 6.03 Å². The van der Waals surface area contributed by atoms with E-state index in [0.717, 1.165) is 11.1 Å². The lowest BCUT2D eigenvalue weighted by molar-refractivity contribution is -0.384. The summed E-state index contributed by atoms with van der Waals surface area (Å²) < 4.78 is 0. The molecule has 0 aromatic heterocycles. The van der Waals surface area contributed by atoms with Crippen molar-refractivity contribution in [1.82, 2.24) is 5.32 Å². The number of urea groups is 1. The number of nitrogens with zero attached hydrogens (tertiary/aromatic N) is 3. The van der Waals surface area contributed by atoms with Gasteiger partial charge in [-0.05, 0) is 31.0 Å². The molecule has 1 atom stereocenters. The highest BCUT2D eigenvalue weighted by Crippen LogP contribution is 2.26. The summed E-state index contributed by atoms with van der Waals surface area (Å²) in [7, 11) is 0. The Bertz CT molecular complexity index is 1030. The fourth-order valence-electron chi connectivity index (χ4n) is 2.77. The van der Waals surface area contributed by atoms with E-state index in [0.29, 0.717) is 16.8 Å². The molecule has 2 aromatic carbocycles. The standard InChI is InChI=1S/C19H16N4O5/c1-11-7-8-13(23(27)28)9-15(11)20-10-14-17(24)21-19(26)22(18(14)25)16-6-4-3-5-12(16)2/h3-10,14H,1-2H3,(H,21,24,26)/t14-/m1/s1. The summed E-state index contributed by atoms with van der Waals surface area (Å²) in [4.78, 5) is 52.6. The molecule has 1 fully saturated rings. The minimum absolute atomic E-state index is 0.158. The molecule has 1 saturated heterocycles. The number of carbonyl (C=O) groups is 3. The van der Waals surface area contributed by atoms with Crippen LogP contribution in [0, 0.1) is 29.9 Å². The van der Waals surface area contributed by atoms with E-state index >= 15 is 0 Å². The van der Waals surface area contributed by atoms with Crippen LogP contribution in [0.5, 0.6) is 0 Å². The van der Waals surface area contributed by atoms with Crippen molar-refractivity contribution in [3.63, 3.8) is 0 Å². The number of imide groups is 2. The van der Waals surface area contributed by atoms with Crippen molar-refractivity contribution in [2.75, 3.05) is 4.90 Å². The fourth-order valence-corrected chi connectivity index (χ4v) is 2.77. The maximum Gasteiger partial charge on any atom is 0.335 e. The van der Waals surface area contributed by atoms with Crippen LogP contribution >= 0.6 is 0 Å². The molecule has 2 aromatic rings. The third-order valence-electron chi connectivity index (χ3n) is 4.32. The van der Waals surface area contributed by atoms with Crippen LogP contribution in [0.25, 0.3) is 0 Å². The van der Waals surface area contributed by atoms with Crippen molar-refractivity contribution in [3.8, 4) is 0 Å². The lowest BCUT2D eigenvalue weighted by atomic mass is 10.0. The SMILES string of the molecule is Cc1ccc([N+](=O)[O-])cc1N=C[C@@H]1C(=O)NC(=O)N(c2ccccc2C)C1=O. The summed E-state index contributed by atoms with van der Waals surface area (Å²) in [5.41, 5.74) is 1.79. The predicted molar refractivity (Wildman–Crippen MR) is 102 cm³/mol. The van der Waals surface area contributed by atoms with Crippen molar-refractivity contribution in [3.05, 3.63) is 63.7 Å². The lowest BCUT2D eigenvalue weighted by Crippen LogP contribution is -2.58. The van der Waals surface area contributed by atoms with Crippen molar-refractivity contribution in [2.24, 2.45) is 10.9 Å². The highest BCUT2D eigenvalue weighted by atomic mass is 16.6. The molecule has 142 valence electrons. The Morgan fingerprint density at radius 3 is 2.50 bits per heavy atom. The first kappa shape index (κ1) is 18.9. The van der Waals surface area contributed by atoms with Gasteiger partial charge in [-0.3, -0.25) is 30.0 Å². The molecule has 0 aliphatic carbocycles. The number of aryl methyl sites for hydroxylation is 2. The second-order valence-corrected chi connectivity index (χ2v) is 6.24. The second kappa shape index (κ2) is 7.39. The molecule has 4 amide bonds. The van der Waals surface area contributed by atoms with Gasteiger partial charge in [0.25, 0.3) is 11.6 Å². The molecule has 1 heterocycles. The molecular formula is C19H16N4O5. The van der Waals surface area contributed by atoms with Gasteiger partial charge in [-0.15, -0.1) is 0 Å². The lowest BCUT2D eigenvalue weighted by Gasteiger charge is -2.29. The zero-order valence-corrected chi connectivity index (χ0v) is 15.1. The third-order valence-corrected chi connectivity index (χ3v) is 4.32. The molecule has 1 aliphatic heterocycles. The van der Waals surface area contributed by atoms with E-state index < -0.39 is 28.7 Å². The number of non-ortho nitro benzene ring substituents is 1. The van der Waals surface area contributed by atoms with Gasteiger partial charge in [0, 0.05) is 18.3 Å². The van der Waals surface area contributed by atoms with Crippen LogP contribution in [0.3, 0.4) is 0 Å². The Morgan fingerprint density at radius 1 is 1.11 bits per heavy atom. The van der Waals surface area contributed by atoms with Crippen LogP contribution in [-0.4, -0.2) is 29.0 Å². The average molecular weight is 380 g/mol. The van der Waals surface area contributed by atoms with Crippen LogP contribution in [0.2, 0.25) is 0 Å². The average Bonchev–Trinajstić information content (AvgIpc) is 2.64. The molecule has 0 saturated carbocycles. The monoisotopic (exact) mass is 380 g/mol. The molecule has 0 unspecified atom stereocenters. The Hall–Kier alpha value is -3.88. The summed E-state index contributed by atoms with van der Waals surface area (Å²) in [5.74, 6) is -2.88. The Balaban J connectivity index is 1.95. The van der Waals surface area contributed by atoms with Gasteiger partial charge in [-0.1, -0.05) is 24.3 Å². The molecule has 1 aliphatic rings. The van der Waals surface area contributed by atoms with Crippen LogP contribution in [0.15, 0.2) is 47.5 Å². The predicted octanol–water partition coefficient (Wildman–Crippen LogP) is 2.81. The molecule has 9 heteroatoms. The summed E-state index contributed by atoms with van der Waals surface area (Å²) in [5, 5.41) is 13.1. The number of nitrogens with one attached hydrogen (secondary N) is 1. The third kappa shape index (κ3) is 3.50. The van der Waals surface area contributed by atoms with Crippen LogP contribution in [0.4, 0.5) is 21.9 Å². The number of amides is 4. The van der Waals surface area contributed by atoms with Gasteiger partial charge in [-0.2, -0.15) is 0 Å². The number of carbonyl (C=O) groups excluding carboxylic acids is 3. The first-order valence-electron chi connectivity index (χ1n) is 8.33. The number of benzene rings is 2. The van der Waals surface area contributed by atoms with Gasteiger partial charge < -0.3 is 0 Å². The van der Waals surface area contributed by atoms with Crippen molar-refractivity contribution >= 4 is 41.1 Å². The maximum absolute atomic E-state index is 12.8. The van der Waals surface area contributed by atoms with E-state index in [2.05, 4.69) is 10.3 Å². The molecule has 28 heavy (non-hydrogen) atoms. The smallest absolute Gasteiger partial charge is 0.276 e. The number of anilines is 1. The minimum atomic E-state index is -1.34. The highest BCUT2D eigenvalue weighted by molar-refractivity contribution is 6.32. The number of nitro groups is 1. The number of hydrogen-bond acceptors (Lipinski definition) is 6. The minimum Gasteiger partial charge on any atom is -0.276 e. The van der Waals surface area contributed by atoms with E-state index in [-0.39, 0.29) is 11.4 Å². The fraction of sp³-hybridized carbons (Fsp3) is 0.158. The molecule has 9 nitrogen and oxygen atoms in total. The normalized spacial score (nSPS) is 17.1. The summed E-state index contributed by atoms with van der Waals surface area (Å²) in [6.45, 7) is 3.43. The van der Waals surface area contributed by atoms with E-state index in [1.54, 1.807) is 38.1 Å².